The van der Waals surface area contributed by atoms with Gasteiger partial charge in [-0.15, -0.1) is 0 Å². The molecule has 1 aliphatic rings. The van der Waals surface area contributed by atoms with Crippen molar-refractivity contribution in [2.45, 2.75) is 51.2 Å². The number of carboxylic acid groups (broad SMARTS) is 1. The number of nitrogens with one attached hydrogen (secondary N) is 1. The fourth-order valence-corrected chi connectivity index (χ4v) is 4.07. The first-order valence-electron chi connectivity index (χ1n) is 12.3. The zero-order valence-electron chi connectivity index (χ0n) is 21.6. The van der Waals surface area contributed by atoms with Crippen LogP contribution in [0.15, 0.2) is 71.3 Å². The van der Waals surface area contributed by atoms with Crippen molar-refractivity contribution in [1.82, 2.24) is 15.5 Å². The molecule has 0 saturated carbocycles. The highest BCUT2D eigenvalue weighted by molar-refractivity contribution is 5.96. The van der Waals surface area contributed by atoms with Crippen molar-refractivity contribution in [1.29, 1.82) is 0 Å². The maximum absolute atomic E-state index is 12.9. The Hall–Kier alpha value is -4.21. The number of alkyl halides is 3. The molecule has 0 bridgehead atoms. The van der Waals surface area contributed by atoms with Crippen molar-refractivity contribution in [3.05, 3.63) is 89.3 Å². The zero-order valence-corrected chi connectivity index (χ0v) is 21.6. The molecule has 0 fully saturated rings. The summed E-state index contributed by atoms with van der Waals surface area (Å²) in [6, 6.07) is 12.7. The number of hydrogen-bond acceptors (Lipinski definition) is 5. The fraction of sp³-hybridized carbons (Fsp3) is 0.310. The van der Waals surface area contributed by atoms with Gasteiger partial charge in [0.05, 0.1) is 5.92 Å². The molecule has 2 atom stereocenters. The Balaban J connectivity index is 1.40. The minimum absolute atomic E-state index is 0.0526. The van der Waals surface area contributed by atoms with Gasteiger partial charge in [0.1, 0.15) is 6.04 Å². The summed E-state index contributed by atoms with van der Waals surface area (Å²) in [4.78, 5) is 28.8. The highest BCUT2D eigenvalue weighted by Crippen LogP contribution is 2.35. The Morgan fingerprint density at radius 1 is 1.08 bits per heavy atom. The number of carboxylic acids is 1. The van der Waals surface area contributed by atoms with Gasteiger partial charge in [-0.25, -0.2) is 4.79 Å². The molecule has 0 saturated heterocycles. The summed E-state index contributed by atoms with van der Waals surface area (Å²) in [5.74, 6) is -2.83. The summed E-state index contributed by atoms with van der Waals surface area (Å²) >= 11 is 0. The fourth-order valence-electron chi connectivity index (χ4n) is 4.07. The van der Waals surface area contributed by atoms with E-state index in [9.17, 15) is 27.9 Å². The lowest BCUT2D eigenvalue weighted by atomic mass is 9.86. The van der Waals surface area contributed by atoms with Crippen LogP contribution in [0.5, 0.6) is 0 Å². The molecule has 4 rings (SSSR count). The molecule has 2 N–H and O–H groups in total. The predicted molar refractivity (Wildman–Crippen MR) is 139 cm³/mol. The van der Waals surface area contributed by atoms with Gasteiger partial charge in [0, 0.05) is 23.1 Å². The van der Waals surface area contributed by atoms with Crippen LogP contribution < -0.4 is 5.32 Å². The van der Waals surface area contributed by atoms with Gasteiger partial charge < -0.3 is 14.9 Å². The quantitative estimate of drug-likeness (QED) is 0.383. The Bertz CT molecular complexity index is 1400. The number of carbonyl (C=O) groups excluding carboxylic acids is 1. The van der Waals surface area contributed by atoms with E-state index in [2.05, 4.69) is 36.2 Å². The zero-order chi connectivity index (χ0) is 28.4. The van der Waals surface area contributed by atoms with Gasteiger partial charge in [0.15, 0.2) is 0 Å². The van der Waals surface area contributed by atoms with Crippen LogP contribution in [0.3, 0.4) is 0 Å². The number of aliphatic carboxylic acids is 1. The third-order valence-corrected chi connectivity index (χ3v) is 6.46. The third kappa shape index (κ3) is 6.81. The third-order valence-electron chi connectivity index (χ3n) is 6.46. The van der Waals surface area contributed by atoms with Crippen molar-refractivity contribution in [3.63, 3.8) is 0 Å². The lowest BCUT2D eigenvalue weighted by molar-refractivity contribution is -0.160. The van der Waals surface area contributed by atoms with Crippen molar-refractivity contribution in [2.75, 3.05) is 0 Å². The minimum atomic E-state index is -4.31. The van der Waals surface area contributed by atoms with Gasteiger partial charge in [0.2, 0.25) is 5.82 Å². The van der Waals surface area contributed by atoms with Crippen molar-refractivity contribution < 1.29 is 32.4 Å². The molecule has 7 nitrogen and oxygen atoms in total. The van der Waals surface area contributed by atoms with Crippen LogP contribution in [0.2, 0.25) is 0 Å². The number of benzene rings is 2. The van der Waals surface area contributed by atoms with E-state index >= 15 is 0 Å². The van der Waals surface area contributed by atoms with E-state index in [-0.39, 0.29) is 30.0 Å². The summed E-state index contributed by atoms with van der Waals surface area (Å²) in [6.07, 6.45) is -0.644. The number of amides is 1. The number of halogens is 3. The van der Waals surface area contributed by atoms with Crippen LogP contribution in [0.25, 0.3) is 17.0 Å². The molecule has 2 aromatic carbocycles. The molecule has 10 heteroatoms. The smallest absolute Gasteiger partial charge is 0.395 e. The first-order valence-corrected chi connectivity index (χ1v) is 12.3. The number of allylic oxidation sites excluding steroid dienone is 4. The molecular weight excluding hydrogens is 511 g/mol. The summed E-state index contributed by atoms with van der Waals surface area (Å²) in [5, 5.41) is 16.2. The maximum atomic E-state index is 12.9. The molecule has 1 heterocycles. The molecule has 1 aliphatic carbocycles. The number of carbonyl (C=O) groups is 2. The molecule has 3 aromatic rings. The van der Waals surface area contributed by atoms with E-state index in [0.717, 1.165) is 11.6 Å². The largest absolute Gasteiger partial charge is 0.480 e. The molecule has 0 aliphatic heterocycles. The Morgan fingerprint density at radius 2 is 1.74 bits per heavy atom. The maximum Gasteiger partial charge on any atom is 0.395 e. The lowest BCUT2D eigenvalue weighted by Gasteiger charge is -2.19. The normalized spacial score (nSPS) is 16.5. The van der Waals surface area contributed by atoms with Crippen LogP contribution in [0, 0.1) is 5.92 Å². The Kier molecular flexibility index (Phi) is 7.76. The number of aromatic nitrogens is 2. The van der Waals surface area contributed by atoms with Gasteiger partial charge in [-0.2, -0.15) is 18.2 Å². The molecule has 1 aromatic heterocycles. The van der Waals surface area contributed by atoms with Crippen LogP contribution >= 0.6 is 0 Å². The molecule has 204 valence electrons. The van der Waals surface area contributed by atoms with Crippen molar-refractivity contribution in [2.24, 2.45) is 5.92 Å². The second-order valence-corrected chi connectivity index (χ2v) is 10.4. The van der Waals surface area contributed by atoms with Gasteiger partial charge in [-0.05, 0) is 35.1 Å². The van der Waals surface area contributed by atoms with Crippen molar-refractivity contribution >= 4 is 17.4 Å². The second kappa shape index (κ2) is 10.9. The van der Waals surface area contributed by atoms with Gasteiger partial charge in [-0.3, -0.25) is 4.79 Å². The second-order valence-electron chi connectivity index (χ2n) is 10.4. The van der Waals surface area contributed by atoms with E-state index < -0.39 is 30.0 Å². The monoisotopic (exact) mass is 539 g/mol. The highest BCUT2D eigenvalue weighted by atomic mass is 19.4. The average Bonchev–Trinajstić information content (AvgIpc) is 3.38. The van der Waals surface area contributed by atoms with E-state index in [4.69, 9.17) is 4.52 Å². The standard InChI is InChI=1S/C29H28F3N3O4/c1-28(2,3)21-12-8-19(9-13-21)25(36)33-23(27(37)38)16-17-4-6-18(7-5-17)24-34-26(39-35-24)20-10-14-22(15-11-20)29(30,31)32/h4-14,22-23H,15-16H2,1-3H3,(H,33,36)(H,37,38)/t22?,23-/m0/s1. The minimum Gasteiger partial charge on any atom is -0.480 e. The van der Waals surface area contributed by atoms with Gasteiger partial charge in [0.25, 0.3) is 11.8 Å². The number of hydrogen-bond donors (Lipinski definition) is 2. The summed E-state index contributed by atoms with van der Waals surface area (Å²) in [5.41, 5.74) is 3.02. The topological polar surface area (TPSA) is 105 Å². The Morgan fingerprint density at radius 3 is 2.28 bits per heavy atom. The highest BCUT2D eigenvalue weighted by Gasteiger charge is 2.38. The van der Waals surface area contributed by atoms with Crippen LogP contribution in [0.4, 0.5) is 13.2 Å². The SMILES string of the molecule is CC(C)(C)c1ccc(C(=O)N[C@@H](Cc2ccc(-c3noc(C4=CCC(C(F)(F)F)C=C4)n3)cc2)C(=O)O)cc1. The van der Waals surface area contributed by atoms with E-state index in [1.54, 1.807) is 36.4 Å². The van der Waals surface area contributed by atoms with Crippen LogP contribution in [0.1, 0.15) is 54.6 Å². The molecule has 39 heavy (non-hydrogen) atoms. The first kappa shape index (κ1) is 27.8. The van der Waals surface area contributed by atoms with Crippen LogP contribution in [-0.2, 0) is 16.6 Å². The Labute approximate surface area is 223 Å². The predicted octanol–water partition coefficient (Wildman–Crippen LogP) is 5.98. The van der Waals surface area contributed by atoms with E-state index in [1.165, 1.54) is 12.2 Å². The number of nitrogens with zero attached hydrogens (tertiary/aromatic N) is 2. The van der Waals surface area contributed by atoms with Crippen LogP contribution in [-0.4, -0.2) is 39.3 Å². The van der Waals surface area contributed by atoms with E-state index in [1.807, 2.05) is 12.1 Å². The first-order chi connectivity index (χ1) is 18.3. The molecule has 1 unspecified atom stereocenters. The molecule has 1 amide bonds. The molecular formula is C29H28F3N3O4. The average molecular weight is 540 g/mol. The lowest BCUT2D eigenvalue weighted by Crippen LogP contribution is -2.42. The molecule has 0 spiro atoms. The summed E-state index contributed by atoms with van der Waals surface area (Å²) in [6.45, 7) is 6.19. The van der Waals surface area contributed by atoms with E-state index in [0.29, 0.717) is 22.3 Å². The van der Waals surface area contributed by atoms with Gasteiger partial charge >= 0.3 is 12.1 Å². The molecule has 0 radical (unpaired) electrons. The van der Waals surface area contributed by atoms with Gasteiger partial charge in [-0.1, -0.05) is 80.6 Å². The summed E-state index contributed by atoms with van der Waals surface area (Å²) in [7, 11) is 0. The number of rotatable bonds is 7. The van der Waals surface area contributed by atoms with Crippen molar-refractivity contribution in [3.8, 4) is 11.4 Å². The summed E-state index contributed by atoms with van der Waals surface area (Å²) < 4.78 is 43.8.